The van der Waals surface area contributed by atoms with Gasteiger partial charge in [-0.2, -0.15) is 0 Å². The summed E-state index contributed by atoms with van der Waals surface area (Å²) in [5, 5.41) is 21.5. The van der Waals surface area contributed by atoms with Crippen LogP contribution in [0.1, 0.15) is 43.7 Å². The minimum Gasteiger partial charge on any atom is -0.508 e. The van der Waals surface area contributed by atoms with Gasteiger partial charge in [-0.05, 0) is 60.9 Å². The molecule has 3 aromatic carbocycles. The van der Waals surface area contributed by atoms with Crippen LogP contribution in [0.25, 0.3) is 5.76 Å². The number of aliphatic hydroxyl groups excluding tert-OH is 1. The first-order chi connectivity index (χ1) is 20.7. The fraction of sp³-hybridized carbons (Fsp3) is 0.152. The summed E-state index contributed by atoms with van der Waals surface area (Å²) in [4.78, 5) is 45.3. The van der Waals surface area contributed by atoms with Gasteiger partial charge in [0.25, 0.3) is 5.78 Å². The summed E-state index contributed by atoms with van der Waals surface area (Å²) in [6, 6.07) is 19.5. The minimum atomic E-state index is -1.09. The normalized spacial score (nSPS) is 15.9. The number of phenolic OH excluding ortho intramolecular Hbond substituents is 1. The molecule has 1 aliphatic rings. The lowest BCUT2D eigenvalue weighted by Gasteiger charge is -2.23. The van der Waals surface area contributed by atoms with E-state index in [1.165, 1.54) is 18.2 Å². The SMILES string of the molecule is C=CCOC(=O)c1sc(N2C(=O)C(=O)/C(=C(/O)c3ccc(OCc4ccccc4)c(C)c3)[C@H]2c2ccc(O)cc2)nc1C. The molecule has 218 valence electrons. The molecule has 10 heteroatoms. The molecule has 0 saturated carbocycles. The Hall–Kier alpha value is -5.22. The highest BCUT2D eigenvalue weighted by molar-refractivity contribution is 7.17. The fourth-order valence-corrected chi connectivity index (χ4v) is 5.71. The highest BCUT2D eigenvalue weighted by atomic mass is 32.1. The molecule has 1 atom stereocenters. The van der Waals surface area contributed by atoms with Gasteiger partial charge in [0.05, 0.1) is 17.3 Å². The molecule has 0 radical (unpaired) electrons. The Morgan fingerprint density at radius 2 is 1.79 bits per heavy atom. The lowest BCUT2D eigenvalue weighted by Crippen LogP contribution is -2.29. The Kier molecular flexibility index (Phi) is 8.40. The number of aryl methyl sites for hydroxylation is 2. The third kappa shape index (κ3) is 5.91. The van der Waals surface area contributed by atoms with Gasteiger partial charge in [-0.3, -0.25) is 14.5 Å². The number of hydrogen-bond acceptors (Lipinski definition) is 9. The molecule has 43 heavy (non-hydrogen) atoms. The zero-order valence-corrected chi connectivity index (χ0v) is 24.3. The van der Waals surface area contributed by atoms with Crippen molar-refractivity contribution in [3.63, 3.8) is 0 Å². The van der Waals surface area contributed by atoms with E-state index in [2.05, 4.69) is 11.6 Å². The van der Waals surface area contributed by atoms with Crippen LogP contribution in [0.5, 0.6) is 11.5 Å². The van der Waals surface area contributed by atoms with Crippen molar-refractivity contribution in [2.45, 2.75) is 26.5 Å². The van der Waals surface area contributed by atoms with Crippen LogP contribution >= 0.6 is 11.3 Å². The van der Waals surface area contributed by atoms with Crippen LogP contribution < -0.4 is 9.64 Å². The van der Waals surface area contributed by atoms with E-state index in [1.807, 2.05) is 37.3 Å². The molecule has 2 heterocycles. The molecule has 0 bridgehead atoms. The molecule has 0 unspecified atom stereocenters. The van der Waals surface area contributed by atoms with Crippen molar-refractivity contribution in [2.24, 2.45) is 0 Å². The average Bonchev–Trinajstić information content (AvgIpc) is 3.51. The monoisotopic (exact) mass is 596 g/mol. The number of thiazole rings is 1. The zero-order chi connectivity index (χ0) is 30.7. The van der Waals surface area contributed by atoms with Crippen LogP contribution in [-0.2, 0) is 20.9 Å². The highest BCUT2D eigenvalue weighted by Crippen LogP contribution is 2.44. The van der Waals surface area contributed by atoms with Gasteiger partial charge in [0, 0.05) is 5.56 Å². The second-order valence-electron chi connectivity index (χ2n) is 9.81. The van der Waals surface area contributed by atoms with Gasteiger partial charge in [0.2, 0.25) is 0 Å². The third-order valence-electron chi connectivity index (χ3n) is 6.85. The van der Waals surface area contributed by atoms with Crippen LogP contribution in [0.4, 0.5) is 5.13 Å². The van der Waals surface area contributed by atoms with E-state index in [-0.39, 0.29) is 33.7 Å². The van der Waals surface area contributed by atoms with E-state index in [9.17, 15) is 24.6 Å². The van der Waals surface area contributed by atoms with E-state index in [0.29, 0.717) is 34.7 Å². The van der Waals surface area contributed by atoms with Crippen LogP contribution in [0, 0.1) is 13.8 Å². The summed E-state index contributed by atoms with van der Waals surface area (Å²) in [5.41, 5.74) is 2.64. The lowest BCUT2D eigenvalue weighted by molar-refractivity contribution is -0.132. The number of benzene rings is 3. The van der Waals surface area contributed by atoms with E-state index < -0.39 is 23.7 Å². The van der Waals surface area contributed by atoms with Crippen molar-refractivity contribution in [2.75, 3.05) is 11.5 Å². The van der Waals surface area contributed by atoms with Gasteiger partial charge in [-0.25, -0.2) is 9.78 Å². The number of carbonyl (C=O) groups is 3. The molecule has 1 aliphatic heterocycles. The van der Waals surface area contributed by atoms with Crippen LogP contribution in [0.3, 0.4) is 0 Å². The molecule has 1 amide bonds. The molecule has 0 aliphatic carbocycles. The number of carbonyl (C=O) groups excluding carboxylic acids is 3. The van der Waals surface area contributed by atoms with Gasteiger partial charge in [0.15, 0.2) is 5.13 Å². The maximum atomic E-state index is 13.5. The number of aromatic hydroxyl groups is 1. The van der Waals surface area contributed by atoms with Crippen LogP contribution in [0.15, 0.2) is 91.0 Å². The number of hydrogen-bond donors (Lipinski definition) is 2. The number of Topliss-reactive ketones (excluding diaryl/α,β-unsaturated/α-hetero) is 1. The number of ketones is 1. The topological polar surface area (TPSA) is 126 Å². The van der Waals surface area contributed by atoms with Crippen molar-refractivity contribution in [3.05, 3.63) is 124 Å². The van der Waals surface area contributed by atoms with Gasteiger partial charge in [-0.15, -0.1) is 0 Å². The number of anilines is 1. The number of nitrogens with zero attached hydrogens (tertiary/aromatic N) is 2. The number of rotatable bonds is 9. The van der Waals surface area contributed by atoms with E-state index in [1.54, 1.807) is 37.3 Å². The molecule has 1 saturated heterocycles. The van der Waals surface area contributed by atoms with E-state index in [0.717, 1.165) is 21.8 Å². The predicted octanol–water partition coefficient (Wildman–Crippen LogP) is 6.01. The van der Waals surface area contributed by atoms with Gasteiger partial charge >= 0.3 is 11.9 Å². The lowest BCUT2D eigenvalue weighted by atomic mass is 9.95. The molecular formula is C33H28N2O7S. The van der Waals surface area contributed by atoms with Crippen molar-refractivity contribution < 1.29 is 34.1 Å². The molecule has 5 rings (SSSR count). The van der Waals surface area contributed by atoms with Crippen LogP contribution in [0.2, 0.25) is 0 Å². The largest absolute Gasteiger partial charge is 0.508 e. The summed E-state index contributed by atoms with van der Waals surface area (Å²) in [5.74, 6) is -2.26. The fourth-order valence-electron chi connectivity index (χ4n) is 4.73. The van der Waals surface area contributed by atoms with Gasteiger partial charge < -0.3 is 19.7 Å². The quantitative estimate of drug-likeness (QED) is 0.0791. The van der Waals surface area contributed by atoms with Crippen molar-refractivity contribution in [1.82, 2.24) is 4.98 Å². The van der Waals surface area contributed by atoms with Crippen LogP contribution in [-0.4, -0.2) is 39.5 Å². The third-order valence-corrected chi connectivity index (χ3v) is 7.98. The summed E-state index contributed by atoms with van der Waals surface area (Å²) < 4.78 is 11.1. The average molecular weight is 597 g/mol. The first-order valence-corrected chi connectivity index (χ1v) is 14.1. The minimum absolute atomic E-state index is 0.000961. The Morgan fingerprint density at radius 3 is 2.47 bits per heavy atom. The van der Waals surface area contributed by atoms with Crippen molar-refractivity contribution in [3.8, 4) is 11.5 Å². The first kappa shape index (κ1) is 29.3. The number of aromatic nitrogens is 1. The summed E-state index contributed by atoms with van der Waals surface area (Å²) >= 11 is 0.903. The second kappa shape index (κ2) is 12.3. The maximum Gasteiger partial charge on any atom is 0.350 e. The number of ether oxygens (including phenoxy) is 2. The van der Waals surface area contributed by atoms with Gasteiger partial charge in [0.1, 0.15) is 35.3 Å². The van der Waals surface area contributed by atoms with Crippen molar-refractivity contribution in [1.29, 1.82) is 0 Å². The smallest absolute Gasteiger partial charge is 0.350 e. The zero-order valence-electron chi connectivity index (χ0n) is 23.4. The molecule has 2 N–H and O–H groups in total. The molecule has 1 fully saturated rings. The predicted molar refractivity (Wildman–Crippen MR) is 162 cm³/mol. The van der Waals surface area contributed by atoms with E-state index in [4.69, 9.17) is 9.47 Å². The van der Waals surface area contributed by atoms with E-state index >= 15 is 0 Å². The number of aliphatic hydroxyl groups is 1. The molecule has 1 aromatic heterocycles. The second-order valence-corrected chi connectivity index (χ2v) is 10.8. The Balaban J connectivity index is 1.55. The highest BCUT2D eigenvalue weighted by Gasteiger charge is 2.48. The molecule has 9 nitrogen and oxygen atoms in total. The molecule has 4 aromatic rings. The Labute approximate surface area is 252 Å². The Bertz CT molecular complexity index is 1740. The first-order valence-electron chi connectivity index (χ1n) is 13.3. The number of esters is 1. The maximum absolute atomic E-state index is 13.5. The molecular weight excluding hydrogens is 568 g/mol. The summed E-state index contributed by atoms with van der Waals surface area (Å²) in [6.45, 7) is 7.30. The number of phenols is 1. The van der Waals surface area contributed by atoms with Gasteiger partial charge in [-0.1, -0.05) is 66.5 Å². The summed E-state index contributed by atoms with van der Waals surface area (Å²) in [7, 11) is 0. The summed E-state index contributed by atoms with van der Waals surface area (Å²) in [6.07, 6.45) is 1.43. The Morgan fingerprint density at radius 1 is 1.07 bits per heavy atom. The standard InChI is InChI=1S/C33H28N2O7S/c1-4-16-41-32(40)30-20(3)34-33(43-30)35-27(22-10-13-24(36)14-11-22)26(29(38)31(35)39)28(37)23-12-15-25(19(2)17-23)42-18-21-8-6-5-7-9-21/h4-15,17,27,36-37H,1,16,18H2,2-3H3/b28-26+/t27-/m1/s1. The van der Waals surface area contributed by atoms with Crippen molar-refractivity contribution >= 4 is 39.9 Å². The number of amides is 1. The molecule has 0 spiro atoms.